The number of carbonyl (C=O) groups is 2. The molecule has 0 radical (unpaired) electrons. The Kier molecular flexibility index (Phi) is 5.03. The van der Waals surface area contributed by atoms with Gasteiger partial charge in [-0.25, -0.2) is 4.79 Å². The summed E-state index contributed by atoms with van der Waals surface area (Å²) in [6.45, 7) is 2.81. The quantitative estimate of drug-likeness (QED) is 0.898. The first-order valence-electron chi connectivity index (χ1n) is 6.61. The van der Waals surface area contributed by atoms with Gasteiger partial charge in [0.1, 0.15) is 0 Å². The van der Waals surface area contributed by atoms with Crippen LogP contribution in [0.3, 0.4) is 0 Å². The van der Waals surface area contributed by atoms with Crippen LogP contribution in [0.1, 0.15) is 12.0 Å². The number of hydrogen-bond donors (Lipinski definition) is 2. The molecule has 1 aromatic rings. The van der Waals surface area contributed by atoms with Gasteiger partial charge in [-0.05, 0) is 24.6 Å². The highest BCUT2D eigenvalue weighted by Crippen LogP contribution is 2.23. The van der Waals surface area contributed by atoms with Crippen LogP contribution in [0.5, 0.6) is 0 Å². The van der Waals surface area contributed by atoms with Gasteiger partial charge in [-0.1, -0.05) is 17.7 Å². The SMILES string of the molecule is Cc1c(Cl)cccc1NC(=O)N1CCOCC1CC(=O)O. The van der Waals surface area contributed by atoms with Crippen LogP contribution in [-0.4, -0.2) is 47.8 Å². The van der Waals surface area contributed by atoms with Crippen molar-refractivity contribution in [2.24, 2.45) is 0 Å². The molecule has 0 aromatic heterocycles. The van der Waals surface area contributed by atoms with E-state index in [4.69, 9.17) is 21.4 Å². The van der Waals surface area contributed by atoms with Crippen LogP contribution >= 0.6 is 11.6 Å². The summed E-state index contributed by atoms with van der Waals surface area (Å²) in [5.41, 5.74) is 1.39. The molecule has 1 unspecified atom stereocenters. The number of carboxylic acids is 1. The Hall–Kier alpha value is -1.79. The number of carbonyl (C=O) groups excluding carboxylic acids is 1. The monoisotopic (exact) mass is 312 g/mol. The summed E-state index contributed by atoms with van der Waals surface area (Å²) >= 11 is 6.02. The zero-order valence-corrected chi connectivity index (χ0v) is 12.4. The summed E-state index contributed by atoms with van der Waals surface area (Å²) < 4.78 is 5.25. The second-order valence-electron chi connectivity index (χ2n) is 4.86. The molecule has 0 saturated carbocycles. The van der Waals surface area contributed by atoms with Gasteiger partial charge in [0.05, 0.1) is 25.7 Å². The second-order valence-corrected chi connectivity index (χ2v) is 5.27. The molecule has 114 valence electrons. The van der Waals surface area contributed by atoms with Gasteiger partial charge < -0.3 is 20.1 Å². The first-order valence-corrected chi connectivity index (χ1v) is 6.99. The molecule has 1 aromatic carbocycles. The molecule has 2 rings (SSSR count). The molecule has 1 fully saturated rings. The number of morpholine rings is 1. The minimum atomic E-state index is -0.956. The number of carboxylic acid groups (broad SMARTS) is 1. The number of ether oxygens (including phenoxy) is 1. The van der Waals surface area contributed by atoms with Crippen molar-refractivity contribution in [2.75, 3.05) is 25.1 Å². The van der Waals surface area contributed by atoms with Gasteiger partial charge in [0.15, 0.2) is 0 Å². The number of nitrogens with zero attached hydrogens (tertiary/aromatic N) is 1. The fraction of sp³-hybridized carbons (Fsp3) is 0.429. The van der Waals surface area contributed by atoms with Crippen molar-refractivity contribution >= 4 is 29.3 Å². The van der Waals surface area contributed by atoms with Crippen molar-refractivity contribution in [3.05, 3.63) is 28.8 Å². The number of benzene rings is 1. The van der Waals surface area contributed by atoms with E-state index < -0.39 is 12.0 Å². The van der Waals surface area contributed by atoms with Crippen LogP contribution in [0, 0.1) is 6.92 Å². The van der Waals surface area contributed by atoms with Crippen molar-refractivity contribution in [1.29, 1.82) is 0 Å². The first-order chi connectivity index (χ1) is 9.99. The van der Waals surface area contributed by atoms with Gasteiger partial charge in [0.2, 0.25) is 0 Å². The number of hydrogen-bond acceptors (Lipinski definition) is 3. The minimum absolute atomic E-state index is 0.137. The molecule has 1 heterocycles. The number of anilines is 1. The topological polar surface area (TPSA) is 78.9 Å². The lowest BCUT2D eigenvalue weighted by Gasteiger charge is -2.34. The van der Waals surface area contributed by atoms with E-state index in [2.05, 4.69) is 5.32 Å². The highest BCUT2D eigenvalue weighted by atomic mass is 35.5. The van der Waals surface area contributed by atoms with Crippen molar-refractivity contribution in [3.63, 3.8) is 0 Å². The second kappa shape index (κ2) is 6.78. The molecule has 2 N–H and O–H groups in total. The zero-order valence-electron chi connectivity index (χ0n) is 11.6. The van der Waals surface area contributed by atoms with Crippen molar-refractivity contribution < 1.29 is 19.4 Å². The largest absolute Gasteiger partial charge is 0.481 e. The van der Waals surface area contributed by atoms with Crippen LogP contribution in [0.4, 0.5) is 10.5 Å². The number of halogens is 1. The van der Waals surface area contributed by atoms with Crippen molar-refractivity contribution in [1.82, 2.24) is 4.90 Å². The summed E-state index contributed by atoms with van der Waals surface area (Å²) in [5, 5.41) is 12.2. The Balaban J connectivity index is 2.10. The van der Waals surface area contributed by atoms with Gasteiger partial charge >= 0.3 is 12.0 Å². The number of amides is 2. The number of aliphatic carboxylic acids is 1. The van der Waals surface area contributed by atoms with Gasteiger partial charge in [0, 0.05) is 17.3 Å². The summed E-state index contributed by atoms with van der Waals surface area (Å²) in [6.07, 6.45) is -0.137. The normalized spacial score (nSPS) is 18.4. The smallest absolute Gasteiger partial charge is 0.322 e. The Morgan fingerprint density at radius 3 is 3.00 bits per heavy atom. The van der Waals surface area contributed by atoms with Gasteiger partial charge in [-0.15, -0.1) is 0 Å². The number of urea groups is 1. The number of nitrogens with one attached hydrogen (secondary N) is 1. The maximum absolute atomic E-state index is 12.3. The summed E-state index contributed by atoms with van der Waals surface area (Å²) in [4.78, 5) is 24.7. The average molecular weight is 313 g/mol. The third-order valence-corrected chi connectivity index (χ3v) is 3.82. The molecule has 1 atom stereocenters. The molecule has 1 aliphatic heterocycles. The molecule has 1 aliphatic rings. The minimum Gasteiger partial charge on any atom is -0.481 e. The van der Waals surface area contributed by atoms with Crippen LogP contribution in [0.2, 0.25) is 5.02 Å². The third kappa shape index (κ3) is 3.86. The Bertz CT molecular complexity index is 550. The highest BCUT2D eigenvalue weighted by molar-refractivity contribution is 6.31. The fourth-order valence-corrected chi connectivity index (χ4v) is 2.40. The molecule has 0 bridgehead atoms. The van der Waals surface area contributed by atoms with E-state index in [9.17, 15) is 9.59 Å². The van der Waals surface area contributed by atoms with Gasteiger partial charge in [-0.2, -0.15) is 0 Å². The molecule has 0 spiro atoms. The van der Waals surface area contributed by atoms with Crippen LogP contribution in [0.15, 0.2) is 18.2 Å². The molecular formula is C14H17ClN2O4. The maximum Gasteiger partial charge on any atom is 0.322 e. The number of rotatable bonds is 3. The predicted octanol–water partition coefficient (Wildman–Crippen LogP) is 2.36. The summed E-state index contributed by atoms with van der Waals surface area (Å²) in [7, 11) is 0. The van der Waals surface area contributed by atoms with E-state index in [0.29, 0.717) is 23.9 Å². The van der Waals surface area contributed by atoms with E-state index in [1.54, 1.807) is 18.2 Å². The molecule has 1 saturated heterocycles. The van der Waals surface area contributed by atoms with Crippen molar-refractivity contribution in [2.45, 2.75) is 19.4 Å². The predicted molar refractivity (Wildman–Crippen MR) is 78.8 cm³/mol. The summed E-state index contributed by atoms with van der Waals surface area (Å²) in [6, 6.07) is 4.45. The lowest BCUT2D eigenvalue weighted by Crippen LogP contribution is -2.51. The molecular weight excluding hydrogens is 296 g/mol. The maximum atomic E-state index is 12.3. The van der Waals surface area contributed by atoms with Crippen LogP contribution in [0.25, 0.3) is 0 Å². The van der Waals surface area contributed by atoms with E-state index in [1.807, 2.05) is 6.92 Å². The Morgan fingerprint density at radius 1 is 1.52 bits per heavy atom. The molecule has 7 heteroatoms. The van der Waals surface area contributed by atoms with E-state index in [0.717, 1.165) is 5.56 Å². The lowest BCUT2D eigenvalue weighted by atomic mass is 10.1. The lowest BCUT2D eigenvalue weighted by molar-refractivity contribution is -0.139. The molecule has 0 aliphatic carbocycles. The van der Waals surface area contributed by atoms with Gasteiger partial charge in [-0.3, -0.25) is 4.79 Å². The Labute approximate surface area is 127 Å². The van der Waals surface area contributed by atoms with Crippen molar-refractivity contribution in [3.8, 4) is 0 Å². The molecule has 6 nitrogen and oxygen atoms in total. The summed E-state index contributed by atoms with van der Waals surface area (Å²) in [5.74, 6) is -0.956. The van der Waals surface area contributed by atoms with E-state index >= 15 is 0 Å². The van der Waals surface area contributed by atoms with Crippen LogP contribution < -0.4 is 5.32 Å². The molecule has 21 heavy (non-hydrogen) atoms. The Morgan fingerprint density at radius 2 is 2.29 bits per heavy atom. The van der Waals surface area contributed by atoms with Gasteiger partial charge in [0.25, 0.3) is 0 Å². The standard InChI is InChI=1S/C14H17ClN2O4/c1-9-11(15)3-2-4-12(9)16-14(20)17-5-6-21-8-10(17)7-13(18)19/h2-4,10H,5-8H2,1H3,(H,16,20)(H,18,19). The zero-order chi connectivity index (χ0) is 15.4. The third-order valence-electron chi connectivity index (χ3n) is 3.41. The van der Waals surface area contributed by atoms with E-state index in [-0.39, 0.29) is 19.1 Å². The van der Waals surface area contributed by atoms with E-state index in [1.165, 1.54) is 4.90 Å². The average Bonchev–Trinajstić information content (AvgIpc) is 2.44. The molecule has 2 amide bonds. The highest BCUT2D eigenvalue weighted by Gasteiger charge is 2.29. The fourth-order valence-electron chi connectivity index (χ4n) is 2.22. The van der Waals surface area contributed by atoms with Crippen LogP contribution in [-0.2, 0) is 9.53 Å². The first kappa shape index (κ1) is 15.6.